The molecular formula is C15H25N3O2S. The number of benzene rings is 1. The summed E-state index contributed by atoms with van der Waals surface area (Å²) in [7, 11) is -1.44. The van der Waals surface area contributed by atoms with Gasteiger partial charge in [-0.3, -0.25) is 0 Å². The summed E-state index contributed by atoms with van der Waals surface area (Å²) >= 11 is 0. The maximum atomic E-state index is 13.0. The molecule has 0 radical (unpaired) electrons. The number of aryl methyl sites for hydroxylation is 1. The van der Waals surface area contributed by atoms with Gasteiger partial charge in [0.1, 0.15) is 0 Å². The van der Waals surface area contributed by atoms with E-state index in [0.29, 0.717) is 17.1 Å². The smallest absolute Gasteiger partial charge is 0.243 e. The Bertz CT molecular complexity index is 581. The first-order chi connectivity index (χ1) is 9.84. The summed E-state index contributed by atoms with van der Waals surface area (Å²) in [5, 5.41) is 0. The van der Waals surface area contributed by atoms with Crippen LogP contribution >= 0.6 is 0 Å². The van der Waals surface area contributed by atoms with E-state index in [0.717, 1.165) is 31.5 Å². The molecular weight excluding hydrogens is 286 g/mol. The zero-order valence-corrected chi connectivity index (χ0v) is 13.9. The maximum Gasteiger partial charge on any atom is 0.243 e. The van der Waals surface area contributed by atoms with E-state index < -0.39 is 10.0 Å². The predicted molar refractivity (Wildman–Crippen MR) is 85.7 cm³/mol. The van der Waals surface area contributed by atoms with Crippen LogP contribution in [0.15, 0.2) is 23.1 Å². The van der Waals surface area contributed by atoms with Crippen LogP contribution in [0, 0.1) is 6.92 Å². The van der Waals surface area contributed by atoms with Crippen molar-refractivity contribution in [2.24, 2.45) is 0 Å². The number of nitrogen functional groups attached to an aromatic ring is 1. The van der Waals surface area contributed by atoms with Gasteiger partial charge in [0, 0.05) is 24.8 Å². The Morgan fingerprint density at radius 2 is 2.00 bits per heavy atom. The first-order valence-electron chi connectivity index (χ1n) is 7.42. The van der Waals surface area contributed by atoms with Crippen molar-refractivity contribution in [3.05, 3.63) is 23.8 Å². The fourth-order valence-electron chi connectivity index (χ4n) is 2.93. The first-order valence-corrected chi connectivity index (χ1v) is 8.86. The summed E-state index contributed by atoms with van der Waals surface area (Å²) in [5.41, 5.74) is 7.18. The summed E-state index contributed by atoms with van der Waals surface area (Å²) in [4.78, 5) is 2.51. The fraction of sp³-hybridized carbons (Fsp3) is 0.600. The lowest BCUT2D eigenvalue weighted by Crippen LogP contribution is -2.43. The summed E-state index contributed by atoms with van der Waals surface area (Å²) < 4.78 is 27.6. The highest BCUT2D eigenvalue weighted by Crippen LogP contribution is 2.25. The second kappa shape index (κ2) is 6.34. The van der Waals surface area contributed by atoms with Crippen molar-refractivity contribution in [3.8, 4) is 0 Å². The standard InChI is InChI=1S/C15H25N3O2S/c1-4-14-11-17(3)6-5-7-18(14)21(19,20)15-9-12(2)8-13(16)10-15/h8-10,14H,4-7,11,16H2,1-3H3. The third-order valence-electron chi connectivity index (χ3n) is 4.00. The van der Waals surface area contributed by atoms with Crippen molar-refractivity contribution < 1.29 is 8.42 Å². The quantitative estimate of drug-likeness (QED) is 0.863. The lowest BCUT2D eigenvalue weighted by Gasteiger charge is -2.29. The fourth-order valence-corrected chi connectivity index (χ4v) is 4.80. The maximum absolute atomic E-state index is 13.0. The minimum atomic E-state index is -3.49. The molecule has 1 fully saturated rings. The first kappa shape index (κ1) is 16.3. The van der Waals surface area contributed by atoms with Crippen molar-refractivity contribution in [3.63, 3.8) is 0 Å². The number of nitrogens with zero attached hydrogens (tertiary/aromatic N) is 2. The molecule has 1 heterocycles. The summed E-state index contributed by atoms with van der Waals surface area (Å²) in [6, 6.07) is 5.06. The van der Waals surface area contributed by atoms with Gasteiger partial charge in [-0.25, -0.2) is 8.42 Å². The molecule has 1 aromatic rings. The molecule has 0 saturated carbocycles. The molecule has 1 aliphatic rings. The molecule has 0 aliphatic carbocycles. The number of nitrogens with two attached hydrogens (primary N) is 1. The molecule has 1 atom stereocenters. The van der Waals surface area contributed by atoms with Gasteiger partial charge in [-0.1, -0.05) is 6.92 Å². The normalized spacial score (nSPS) is 22.1. The number of hydrogen-bond donors (Lipinski definition) is 1. The molecule has 1 aliphatic heterocycles. The Balaban J connectivity index is 2.40. The van der Waals surface area contributed by atoms with Gasteiger partial charge in [0.2, 0.25) is 10.0 Å². The average molecular weight is 311 g/mol. The zero-order chi connectivity index (χ0) is 15.6. The molecule has 0 spiro atoms. The van der Waals surface area contributed by atoms with Crippen LogP contribution in [0.5, 0.6) is 0 Å². The zero-order valence-electron chi connectivity index (χ0n) is 13.0. The topological polar surface area (TPSA) is 66.6 Å². The van der Waals surface area contributed by atoms with Gasteiger partial charge >= 0.3 is 0 Å². The van der Waals surface area contributed by atoms with E-state index >= 15 is 0 Å². The molecule has 0 bridgehead atoms. The van der Waals surface area contributed by atoms with Gasteiger partial charge in [0.15, 0.2) is 0 Å². The lowest BCUT2D eigenvalue weighted by molar-refractivity contribution is 0.270. The van der Waals surface area contributed by atoms with Crippen LogP contribution in [-0.4, -0.2) is 50.3 Å². The molecule has 1 saturated heterocycles. The van der Waals surface area contributed by atoms with Crippen molar-refractivity contribution in [2.75, 3.05) is 32.4 Å². The molecule has 1 unspecified atom stereocenters. The Labute approximate surface area is 127 Å². The molecule has 0 amide bonds. The SMILES string of the molecule is CCC1CN(C)CCCN1S(=O)(=O)c1cc(C)cc(N)c1. The highest BCUT2D eigenvalue weighted by molar-refractivity contribution is 7.89. The molecule has 0 aromatic heterocycles. The second-order valence-corrected chi connectivity index (χ2v) is 7.76. The van der Waals surface area contributed by atoms with Crippen LogP contribution < -0.4 is 5.73 Å². The highest BCUT2D eigenvalue weighted by atomic mass is 32.2. The highest BCUT2D eigenvalue weighted by Gasteiger charge is 2.32. The van der Waals surface area contributed by atoms with Gasteiger partial charge in [-0.15, -0.1) is 0 Å². The van der Waals surface area contributed by atoms with Gasteiger partial charge in [0.25, 0.3) is 0 Å². The van der Waals surface area contributed by atoms with E-state index in [-0.39, 0.29) is 6.04 Å². The van der Waals surface area contributed by atoms with Gasteiger partial charge in [-0.2, -0.15) is 4.31 Å². The molecule has 118 valence electrons. The summed E-state index contributed by atoms with van der Waals surface area (Å²) in [5.74, 6) is 0. The van der Waals surface area contributed by atoms with E-state index in [4.69, 9.17) is 5.73 Å². The average Bonchev–Trinajstić information content (AvgIpc) is 2.59. The number of likely N-dealkylation sites (N-methyl/N-ethyl adjacent to an activating group) is 1. The van der Waals surface area contributed by atoms with E-state index in [1.807, 2.05) is 20.9 Å². The predicted octanol–water partition coefficient (Wildman–Crippen LogP) is 1.68. The van der Waals surface area contributed by atoms with Crippen molar-refractivity contribution in [1.29, 1.82) is 0 Å². The van der Waals surface area contributed by atoms with Crippen molar-refractivity contribution in [2.45, 2.75) is 37.6 Å². The Morgan fingerprint density at radius 3 is 2.62 bits per heavy atom. The minimum Gasteiger partial charge on any atom is -0.399 e. The largest absolute Gasteiger partial charge is 0.399 e. The van der Waals surface area contributed by atoms with Gasteiger partial charge < -0.3 is 10.6 Å². The van der Waals surface area contributed by atoms with Gasteiger partial charge in [-0.05, 0) is 57.1 Å². The third kappa shape index (κ3) is 3.56. The Morgan fingerprint density at radius 1 is 1.29 bits per heavy atom. The van der Waals surface area contributed by atoms with Crippen LogP contribution in [0.1, 0.15) is 25.3 Å². The van der Waals surface area contributed by atoms with Crippen LogP contribution in [0.4, 0.5) is 5.69 Å². The third-order valence-corrected chi connectivity index (χ3v) is 5.93. The van der Waals surface area contributed by atoms with Crippen LogP contribution in [0.3, 0.4) is 0 Å². The Kier molecular flexibility index (Phi) is 4.91. The molecule has 2 N–H and O–H groups in total. The van der Waals surface area contributed by atoms with Crippen LogP contribution in [0.25, 0.3) is 0 Å². The van der Waals surface area contributed by atoms with Crippen LogP contribution in [-0.2, 0) is 10.0 Å². The van der Waals surface area contributed by atoms with Crippen LogP contribution in [0.2, 0.25) is 0 Å². The van der Waals surface area contributed by atoms with Gasteiger partial charge in [0.05, 0.1) is 4.90 Å². The van der Waals surface area contributed by atoms with E-state index in [2.05, 4.69) is 4.90 Å². The number of anilines is 1. The molecule has 5 nitrogen and oxygen atoms in total. The summed E-state index contributed by atoms with van der Waals surface area (Å²) in [6.45, 7) is 6.17. The Hall–Kier alpha value is -1.11. The van der Waals surface area contributed by atoms with Crippen molar-refractivity contribution in [1.82, 2.24) is 9.21 Å². The van der Waals surface area contributed by atoms with E-state index in [1.54, 1.807) is 22.5 Å². The minimum absolute atomic E-state index is 0.0178. The number of rotatable bonds is 3. The summed E-state index contributed by atoms with van der Waals surface area (Å²) in [6.07, 6.45) is 1.67. The second-order valence-electron chi connectivity index (χ2n) is 5.87. The molecule has 2 rings (SSSR count). The molecule has 21 heavy (non-hydrogen) atoms. The van der Waals surface area contributed by atoms with Crippen molar-refractivity contribution >= 4 is 15.7 Å². The molecule has 1 aromatic carbocycles. The monoisotopic (exact) mass is 311 g/mol. The van der Waals surface area contributed by atoms with E-state index in [9.17, 15) is 8.42 Å². The lowest BCUT2D eigenvalue weighted by atomic mass is 10.2. The van der Waals surface area contributed by atoms with E-state index in [1.165, 1.54) is 0 Å². The number of hydrogen-bond acceptors (Lipinski definition) is 4. The molecule has 6 heteroatoms. The number of sulfonamides is 1.